The second-order valence-corrected chi connectivity index (χ2v) is 9.99. The van der Waals surface area contributed by atoms with Crippen LogP contribution >= 0.6 is 0 Å². The number of nitrogens with zero attached hydrogens (tertiary/aromatic N) is 1. The van der Waals surface area contributed by atoms with Gasteiger partial charge >= 0.3 is 0 Å². The van der Waals surface area contributed by atoms with E-state index in [0.29, 0.717) is 38.4 Å². The average Bonchev–Trinajstić information content (AvgIpc) is 2.83. The monoisotopic (exact) mass is 477 g/mol. The fraction of sp³-hybridized carbons (Fsp3) is 0.542. The molecular formula is C24H35N3O5S. The molecule has 2 heterocycles. The van der Waals surface area contributed by atoms with Gasteiger partial charge in [0.2, 0.25) is 10.0 Å². The summed E-state index contributed by atoms with van der Waals surface area (Å²) in [6.45, 7) is 4.73. The molecule has 0 aliphatic carbocycles. The van der Waals surface area contributed by atoms with Gasteiger partial charge in [0.1, 0.15) is 11.9 Å². The molecule has 33 heavy (non-hydrogen) atoms. The molecule has 0 amide bonds. The number of ether oxygens (including phenoxy) is 2. The van der Waals surface area contributed by atoms with E-state index in [9.17, 15) is 13.5 Å². The Bertz CT molecular complexity index is 956. The smallest absolute Gasteiger partial charge is 0.240 e. The lowest BCUT2D eigenvalue weighted by Crippen LogP contribution is -2.36. The molecule has 2 atom stereocenters. The third-order valence-corrected chi connectivity index (χ3v) is 7.01. The van der Waals surface area contributed by atoms with Crippen LogP contribution in [0.25, 0.3) is 0 Å². The molecule has 0 bridgehead atoms. The minimum Gasteiger partial charge on any atom is -0.489 e. The zero-order valence-corrected chi connectivity index (χ0v) is 20.0. The van der Waals surface area contributed by atoms with E-state index in [2.05, 4.69) is 21.9 Å². The molecule has 1 aliphatic heterocycles. The minimum atomic E-state index is -3.56. The van der Waals surface area contributed by atoms with Gasteiger partial charge in [-0.05, 0) is 55.5 Å². The first-order valence-electron chi connectivity index (χ1n) is 11.7. The van der Waals surface area contributed by atoms with Crippen molar-refractivity contribution in [3.63, 3.8) is 0 Å². The Morgan fingerprint density at radius 1 is 1.27 bits per heavy atom. The van der Waals surface area contributed by atoms with E-state index in [4.69, 9.17) is 9.47 Å². The number of aromatic nitrogens is 1. The van der Waals surface area contributed by atoms with Gasteiger partial charge in [0.05, 0.1) is 11.0 Å². The molecule has 9 heteroatoms. The van der Waals surface area contributed by atoms with E-state index in [1.807, 2.05) is 6.07 Å². The van der Waals surface area contributed by atoms with E-state index in [0.717, 1.165) is 43.4 Å². The number of nitrogens with one attached hydrogen (secondary N) is 2. The summed E-state index contributed by atoms with van der Waals surface area (Å²) in [6.07, 6.45) is 6.92. The first-order valence-corrected chi connectivity index (χ1v) is 13.1. The van der Waals surface area contributed by atoms with Crippen molar-refractivity contribution in [3.8, 4) is 5.75 Å². The summed E-state index contributed by atoms with van der Waals surface area (Å²) in [7, 11) is -3.56. The van der Waals surface area contributed by atoms with Gasteiger partial charge in [-0.1, -0.05) is 19.4 Å². The van der Waals surface area contributed by atoms with E-state index in [1.165, 1.54) is 0 Å². The van der Waals surface area contributed by atoms with Gasteiger partial charge in [-0.2, -0.15) is 0 Å². The summed E-state index contributed by atoms with van der Waals surface area (Å²) in [4.78, 5) is 4.28. The second-order valence-electron chi connectivity index (χ2n) is 8.23. The highest BCUT2D eigenvalue weighted by Gasteiger charge is 2.23. The van der Waals surface area contributed by atoms with Gasteiger partial charge in [0.15, 0.2) is 0 Å². The summed E-state index contributed by atoms with van der Waals surface area (Å²) >= 11 is 0. The summed E-state index contributed by atoms with van der Waals surface area (Å²) in [5, 5.41) is 13.5. The normalized spacial score (nSPS) is 16.7. The number of aryl methyl sites for hydroxylation is 1. The van der Waals surface area contributed by atoms with E-state index >= 15 is 0 Å². The lowest BCUT2D eigenvalue weighted by atomic mass is 10.0. The molecule has 8 nitrogen and oxygen atoms in total. The van der Waals surface area contributed by atoms with Crippen LogP contribution in [0.15, 0.2) is 47.6 Å². The van der Waals surface area contributed by atoms with Crippen molar-refractivity contribution < 1.29 is 23.0 Å². The number of pyridine rings is 1. The maximum atomic E-state index is 12.6. The molecule has 1 aromatic heterocycles. The summed E-state index contributed by atoms with van der Waals surface area (Å²) in [5.41, 5.74) is 1.67. The van der Waals surface area contributed by atoms with Crippen LogP contribution in [0, 0.1) is 0 Å². The molecular weight excluding hydrogens is 442 g/mol. The van der Waals surface area contributed by atoms with Crippen molar-refractivity contribution in [3.05, 3.63) is 53.9 Å². The third-order valence-electron chi connectivity index (χ3n) is 5.55. The number of benzene rings is 1. The van der Waals surface area contributed by atoms with Crippen LogP contribution < -0.4 is 14.8 Å². The number of aliphatic hydroxyl groups excluding tert-OH is 1. The Morgan fingerprint density at radius 3 is 2.91 bits per heavy atom. The Morgan fingerprint density at radius 2 is 2.12 bits per heavy atom. The highest BCUT2D eigenvalue weighted by molar-refractivity contribution is 7.89. The zero-order valence-electron chi connectivity index (χ0n) is 19.2. The Balaban J connectivity index is 1.44. The SMILES string of the molecule is CCCCOCCCNS(=O)(=O)c1ccc2c(c1)CC[C@H](CNC[C@H](O)c1cccnc1)O2. The quantitative estimate of drug-likeness (QED) is 0.359. The fourth-order valence-electron chi connectivity index (χ4n) is 3.62. The molecule has 2 aromatic rings. The average molecular weight is 478 g/mol. The Hall–Kier alpha value is -2.04. The van der Waals surface area contributed by atoms with Crippen molar-refractivity contribution in [2.75, 3.05) is 32.8 Å². The number of unbranched alkanes of at least 4 members (excludes halogenated alkanes) is 1. The Labute approximate surface area is 196 Å². The Kier molecular flexibility index (Phi) is 10.1. The van der Waals surface area contributed by atoms with Crippen LogP contribution in [0.3, 0.4) is 0 Å². The minimum absolute atomic E-state index is 0.0353. The highest BCUT2D eigenvalue weighted by atomic mass is 32.2. The second kappa shape index (κ2) is 13.0. The lowest BCUT2D eigenvalue weighted by Gasteiger charge is -2.27. The van der Waals surface area contributed by atoms with Crippen LogP contribution in [-0.4, -0.2) is 57.5 Å². The van der Waals surface area contributed by atoms with Gasteiger partial charge in [0.25, 0.3) is 0 Å². The number of hydrogen-bond acceptors (Lipinski definition) is 7. The van der Waals surface area contributed by atoms with Crippen LogP contribution in [-0.2, 0) is 21.2 Å². The van der Waals surface area contributed by atoms with Gasteiger partial charge in [0, 0.05) is 50.8 Å². The molecule has 0 saturated carbocycles. The van der Waals surface area contributed by atoms with E-state index in [-0.39, 0.29) is 11.0 Å². The summed E-state index contributed by atoms with van der Waals surface area (Å²) in [5.74, 6) is 0.712. The summed E-state index contributed by atoms with van der Waals surface area (Å²) < 4.78 is 39.4. The lowest BCUT2D eigenvalue weighted by molar-refractivity contribution is 0.130. The molecule has 0 radical (unpaired) electrons. The van der Waals surface area contributed by atoms with Crippen LogP contribution in [0.2, 0.25) is 0 Å². The molecule has 3 N–H and O–H groups in total. The van der Waals surface area contributed by atoms with Gasteiger partial charge in [-0.15, -0.1) is 0 Å². The molecule has 182 valence electrons. The summed E-state index contributed by atoms with van der Waals surface area (Å²) in [6, 6.07) is 8.65. The number of hydrogen-bond donors (Lipinski definition) is 3. The highest BCUT2D eigenvalue weighted by Crippen LogP contribution is 2.29. The van der Waals surface area contributed by atoms with Crippen molar-refractivity contribution in [1.29, 1.82) is 0 Å². The first kappa shape index (κ1) is 25.6. The largest absolute Gasteiger partial charge is 0.489 e. The van der Waals surface area contributed by atoms with Crippen molar-refractivity contribution in [1.82, 2.24) is 15.0 Å². The molecule has 3 rings (SSSR count). The van der Waals surface area contributed by atoms with Crippen molar-refractivity contribution in [2.45, 2.75) is 56.1 Å². The number of fused-ring (bicyclic) bond motifs is 1. The maximum Gasteiger partial charge on any atom is 0.240 e. The van der Waals surface area contributed by atoms with Gasteiger partial charge in [-0.25, -0.2) is 13.1 Å². The fourth-order valence-corrected chi connectivity index (χ4v) is 4.74. The maximum absolute atomic E-state index is 12.6. The first-order chi connectivity index (χ1) is 16.0. The van der Waals surface area contributed by atoms with Gasteiger partial charge < -0.3 is 19.9 Å². The molecule has 0 spiro atoms. The molecule has 1 aromatic carbocycles. The zero-order chi connectivity index (χ0) is 23.5. The molecule has 0 unspecified atom stereocenters. The third kappa shape index (κ3) is 8.04. The van der Waals surface area contributed by atoms with Gasteiger partial charge in [-0.3, -0.25) is 4.98 Å². The predicted molar refractivity (Wildman–Crippen MR) is 127 cm³/mol. The number of sulfonamides is 1. The predicted octanol–water partition coefficient (Wildman–Crippen LogP) is 2.58. The molecule has 0 fully saturated rings. The van der Waals surface area contributed by atoms with Crippen molar-refractivity contribution >= 4 is 10.0 Å². The molecule has 1 aliphatic rings. The molecule has 0 saturated heterocycles. The van der Waals surface area contributed by atoms with E-state index < -0.39 is 16.1 Å². The van der Waals surface area contributed by atoms with Crippen LogP contribution in [0.4, 0.5) is 0 Å². The topological polar surface area (TPSA) is 110 Å². The van der Waals surface area contributed by atoms with Crippen molar-refractivity contribution in [2.24, 2.45) is 0 Å². The van der Waals surface area contributed by atoms with Crippen LogP contribution in [0.1, 0.15) is 49.8 Å². The number of rotatable bonds is 14. The standard InChI is InChI=1S/C24H35N3O5S/c1-2-3-13-31-14-5-12-27-33(29,30)22-9-10-24-19(15-22)7-8-21(32-24)17-26-18-23(28)20-6-4-11-25-16-20/h4,6,9-11,15-16,21,23,26-28H,2-3,5,7-8,12-14,17-18H2,1H3/t21-,23+/m1/s1. The van der Waals surface area contributed by atoms with E-state index in [1.54, 1.807) is 36.7 Å². The number of aliphatic hydroxyl groups is 1. The van der Waals surface area contributed by atoms with Crippen LogP contribution in [0.5, 0.6) is 5.75 Å².